The fourth-order valence-corrected chi connectivity index (χ4v) is 3.81. The Bertz CT molecular complexity index is 821. The molecule has 2 N–H and O–H groups in total. The highest BCUT2D eigenvalue weighted by Gasteiger charge is 2.17. The van der Waals surface area contributed by atoms with Gasteiger partial charge in [0.15, 0.2) is 6.61 Å². The zero-order chi connectivity index (χ0) is 19.6. The lowest BCUT2D eigenvalue weighted by atomic mass is 10.2. The molecule has 0 saturated carbocycles. The van der Waals surface area contributed by atoms with Crippen LogP contribution in [-0.4, -0.2) is 41.0 Å². The van der Waals surface area contributed by atoms with Crippen LogP contribution >= 0.6 is 11.3 Å². The lowest BCUT2D eigenvalue weighted by Crippen LogP contribution is -2.42. The van der Waals surface area contributed by atoms with E-state index >= 15 is 0 Å². The third-order valence-electron chi connectivity index (χ3n) is 3.44. The highest BCUT2D eigenvalue weighted by atomic mass is 32.2. The van der Waals surface area contributed by atoms with E-state index < -0.39 is 35.3 Å². The van der Waals surface area contributed by atoms with Crippen molar-refractivity contribution in [3.8, 4) is 0 Å². The van der Waals surface area contributed by atoms with E-state index in [1.54, 1.807) is 36.5 Å². The fraction of sp³-hybridized carbons (Fsp3) is 0.278. The number of benzene rings is 1. The van der Waals surface area contributed by atoms with Gasteiger partial charge in [0.05, 0.1) is 21.3 Å². The molecule has 27 heavy (non-hydrogen) atoms. The Kier molecular flexibility index (Phi) is 8.15. The molecule has 1 aromatic heterocycles. The van der Waals surface area contributed by atoms with E-state index in [0.29, 0.717) is 23.6 Å². The number of nitrogens with one attached hydrogen (secondary N) is 2. The summed E-state index contributed by atoms with van der Waals surface area (Å²) in [6.07, 6.45) is 0.666. The number of hydrogen-bond acceptors (Lipinski definition) is 6. The van der Waals surface area contributed by atoms with E-state index in [1.165, 1.54) is 6.07 Å². The molecule has 0 fully saturated rings. The molecule has 1 heterocycles. The number of thiophene rings is 1. The molecule has 144 valence electrons. The number of amides is 3. The average molecular weight is 409 g/mol. The van der Waals surface area contributed by atoms with Crippen molar-refractivity contribution in [1.82, 2.24) is 10.6 Å². The van der Waals surface area contributed by atoms with Crippen LogP contribution in [0.25, 0.3) is 0 Å². The summed E-state index contributed by atoms with van der Waals surface area (Å²) in [5, 5.41) is 6.60. The van der Waals surface area contributed by atoms with Gasteiger partial charge < -0.3 is 10.1 Å². The molecule has 2 rings (SSSR count). The topological polar surface area (TPSA) is 102 Å². The Labute approximate surface area is 163 Å². The SMILES string of the molecule is CCS(=O)c1ccccc1C(=O)OCC(=O)NC(=O)NCCc1cccs1. The molecule has 0 saturated heterocycles. The summed E-state index contributed by atoms with van der Waals surface area (Å²) in [7, 11) is -1.33. The molecule has 3 amide bonds. The summed E-state index contributed by atoms with van der Waals surface area (Å²) in [4.78, 5) is 37.0. The first-order valence-electron chi connectivity index (χ1n) is 8.25. The number of rotatable bonds is 8. The lowest BCUT2D eigenvalue weighted by molar-refractivity contribution is -0.123. The van der Waals surface area contributed by atoms with Gasteiger partial charge in [-0.25, -0.2) is 9.59 Å². The Hall–Kier alpha value is -2.52. The van der Waals surface area contributed by atoms with Crippen molar-refractivity contribution in [1.29, 1.82) is 0 Å². The van der Waals surface area contributed by atoms with Gasteiger partial charge in [-0.1, -0.05) is 25.1 Å². The third kappa shape index (κ3) is 6.61. The quantitative estimate of drug-likeness (QED) is 0.652. The number of hydrogen-bond donors (Lipinski definition) is 2. The zero-order valence-electron chi connectivity index (χ0n) is 14.7. The first kappa shape index (κ1) is 20.8. The number of ether oxygens (including phenoxy) is 1. The molecular formula is C18H20N2O5S2. The highest BCUT2D eigenvalue weighted by molar-refractivity contribution is 7.85. The van der Waals surface area contributed by atoms with E-state index in [2.05, 4.69) is 10.6 Å². The molecule has 0 spiro atoms. The zero-order valence-corrected chi connectivity index (χ0v) is 16.4. The van der Waals surface area contributed by atoms with Crippen molar-refractivity contribution in [3.63, 3.8) is 0 Å². The van der Waals surface area contributed by atoms with Crippen LogP contribution in [-0.2, 0) is 26.8 Å². The van der Waals surface area contributed by atoms with Crippen LogP contribution in [0.4, 0.5) is 4.79 Å². The van der Waals surface area contributed by atoms with Gasteiger partial charge in [-0.3, -0.25) is 14.3 Å². The van der Waals surface area contributed by atoms with E-state index in [0.717, 1.165) is 4.88 Å². The number of carbonyl (C=O) groups excluding carboxylic acids is 3. The van der Waals surface area contributed by atoms with Crippen LogP contribution < -0.4 is 10.6 Å². The molecule has 1 aromatic carbocycles. The summed E-state index contributed by atoms with van der Waals surface area (Å²) < 4.78 is 16.9. The van der Waals surface area contributed by atoms with E-state index in [9.17, 15) is 18.6 Å². The second-order valence-electron chi connectivity index (χ2n) is 5.34. The van der Waals surface area contributed by atoms with Gasteiger partial charge in [0, 0.05) is 17.2 Å². The average Bonchev–Trinajstić information content (AvgIpc) is 3.19. The van der Waals surface area contributed by atoms with Gasteiger partial charge in [-0.05, 0) is 30.0 Å². The summed E-state index contributed by atoms with van der Waals surface area (Å²) in [6.45, 7) is 1.52. The maximum atomic E-state index is 12.1. The van der Waals surface area contributed by atoms with Crippen LogP contribution in [0.2, 0.25) is 0 Å². The molecule has 0 aliphatic carbocycles. The second kappa shape index (κ2) is 10.6. The molecule has 0 radical (unpaired) electrons. The van der Waals surface area contributed by atoms with E-state index in [4.69, 9.17) is 4.74 Å². The largest absolute Gasteiger partial charge is 0.452 e. The third-order valence-corrected chi connectivity index (χ3v) is 5.75. The Morgan fingerprint density at radius 1 is 1.15 bits per heavy atom. The summed E-state index contributed by atoms with van der Waals surface area (Å²) in [6, 6.07) is 9.59. The van der Waals surface area contributed by atoms with Gasteiger partial charge in [0.25, 0.3) is 5.91 Å². The van der Waals surface area contributed by atoms with Crippen molar-refractivity contribution in [2.45, 2.75) is 18.2 Å². The van der Waals surface area contributed by atoms with Crippen LogP contribution in [0.5, 0.6) is 0 Å². The van der Waals surface area contributed by atoms with Crippen molar-refractivity contribution >= 4 is 40.0 Å². The number of carbonyl (C=O) groups is 3. The predicted molar refractivity (Wildman–Crippen MR) is 103 cm³/mol. The number of urea groups is 1. The minimum absolute atomic E-state index is 0.144. The first-order valence-corrected chi connectivity index (χ1v) is 10.5. The molecule has 9 heteroatoms. The van der Waals surface area contributed by atoms with Gasteiger partial charge in [0.2, 0.25) is 0 Å². The highest BCUT2D eigenvalue weighted by Crippen LogP contribution is 2.15. The van der Waals surface area contributed by atoms with Gasteiger partial charge in [-0.15, -0.1) is 11.3 Å². The van der Waals surface area contributed by atoms with Crippen LogP contribution in [0.15, 0.2) is 46.7 Å². The minimum atomic E-state index is -1.33. The van der Waals surface area contributed by atoms with Gasteiger partial charge >= 0.3 is 12.0 Å². The Balaban J connectivity index is 1.77. The van der Waals surface area contributed by atoms with Gasteiger partial charge in [-0.2, -0.15) is 0 Å². The van der Waals surface area contributed by atoms with Crippen molar-refractivity contribution < 1.29 is 23.3 Å². The van der Waals surface area contributed by atoms with Crippen LogP contribution in [0.3, 0.4) is 0 Å². The predicted octanol–water partition coefficient (Wildman–Crippen LogP) is 2.10. The summed E-state index contributed by atoms with van der Waals surface area (Å²) >= 11 is 1.58. The standard InChI is InChI=1S/C18H20N2O5S2/c1-2-27(24)15-8-4-3-7-14(15)17(22)25-12-16(21)20-18(23)19-10-9-13-6-5-11-26-13/h3-8,11H,2,9-10,12H2,1H3,(H2,19,20,21,23). The molecule has 1 unspecified atom stereocenters. The lowest BCUT2D eigenvalue weighted by Gasteiger charge is -2.09. The normalized spacial score (nSPS) is 11.4. The van der Waals surface area contributed by atoms with Crippen molar-refractivity contribution in [2.75, 3.05) is 18.9 Å². The molecule has 0 bridgehead atoms. The van der Waals surface area contributed by atoms with E-state index in [1.807, 2.05) is 17.5 Å². The minimum Gasteiger partial charge on any atom is -0.452 e. The van der Waals surface area contributed by atoms with Crippen LogP contribution in [0, 0.1) is 0 Å². The molecule has 7 nitrogen and oxygen atoms in total. The van der Waals surface area contributed by atoms with E-state index in [-0.39, 0.29) is 5.56 Å². The summed E-state index contributed by atoms with van der Waals surface area (Å²) in [5.41, 5.74) is 0.144. The molecule has 0 aliphatic rings. The van der Waals surface area contributed by atoms with Gasteiger partial charge in [0.1, 0.15) is 0 Å². The maximum Gasteiger partial charge on any atom is 0.339 e. The Morgan fingerprint density at radius 3 is 2.63 bits per heavy atom. The molecule has 0 aliphatic heterocycles. The molecular weight excluding hydrogens is 388 g/mol. The smallest absolute Gasteiger partial charge is 0.339 e. The maximum absolute atomic E-state index is 12.1. The number of imide groups is 1. The first-order chi connectivity index (χ1) is 13.0. The number of esters is 1. The molecule has 2 aromatic rings. The van der Waals surface area contributed by atoms with Crippen molar-refractivity contribution in [2.24, 2.45) is 0 Å². The van der Waals surface area contributed by atoms with Crippen LogP contribution in [0.1, 0.15) is 22.2 Å². The molecule has 1 atom stereocenters. The fourth-order valence-electron chi connectivity index (χ4n) is 2.16. The van der Waals surface area contributed by atoms with Crippen molar-refractivity contribution in [3.05, 3.63) is 52.2 Å². The summed E-state index contributed by atoms with van der Waals surface area (Å²) in [5.74, 6) is -1.15. The second-order valence-corrected chi connectivity index (χ2v) is 8.08. The monoisotopic (exact) mass is 408 g/mol. The Morgan fingerprint density at radius 2 is 1.93 bits per heavy atom.